The molecule has 6 rings (SSSR count). The summed E-state index contributed by atoms with van der Waals surface area (Å²) in [4.78, 5) is 27.9. The molecule has 38 heavy (non-hydrogen) atoms. The molecule has 9 heteroatoms. The minimum Gasteiger partial charge on any atom is -0.463 e. The van der Waals surface area contributed by atoms with Crippen LogP contribution in [-0.2, 0) is 29.0 Å². The van der Waals surface area contributed by atoms with Gasteiger partial charge in [0, 0.05) is 23.4 Å². The molecule has 0 radical (unpaired) electrons. The average Bonchev–Trinajstić information content (AvgIpc) is 3.55. The van der Waals surface area contributed by atoms with Gasteiger partial charge in [0.1, 0.15) is 21.9 Å². The van der Waals surface area contributed by atoms with E-state index in [4.69, 9.17) is 14.1 Å². The highest BCUT2D eigenvalue weighted by atomic mass is 32.2. The minimum absolute atomic E-state index is 0.0131. The van der Waals surface area contributed by atoms with E-state index in [1.54, 1.807) is 23.9 Å². The van der Waals surface area contributed by atoms with E-state index < -0.39 is 0 Å². The number of carbonyl (C=O) groups is 1. The van der Waals surface area contributed by atoms with Crippen LogP contribution in [0.5, 0.6) is 0 Å². The van der Waals surface area contributed by atoms with E-state index in [0.29, 0.717) is 6.61 Å². The van der Waals surface area contributed by atoms with Crippen LogP contribution in [0.4, 0.5) is 0 Å². The molecule has 1 amide bonds. The maximum Gasteiger partial charge on any atom is 0.230 e. The summed E-state index contributed by atoms with van der Waals surface area (Å²) in [5, 5.41) is 4.96. The number of thiophene rings is 1. The number of furan rings is 1. The van der Waals surface area contributed by atoms with Gasteiger partial charge in [-0.3, -0.25) is 4.79 Å². The van der Waals surface area contributed by atoms with E-state index in [0.717, 1.165) is 55.3 Å². The van der Waals surface area contributed by atoms with Crippen molar-refractivity contribution in [2.75, 3.05) is 5.75 Å². The predicted octanol–water partition coefficient (Wildman–Crippen LogP) is 6.19. The van der Waals surface area contributed by atoms with E-state index in [9.17, 15) is 4.79 Å². The van der Waals surface area contributed by atoms with Crippen molar-refractivity contribution in [3.8, 4) is 11.5 Å². The van der Waals surface area contributed by atoms with Crippen molar-refractivity contribution in [3.05, 3.63) is 71.7 Å². The predicted molar refractivity (Wildman–Crippen MR) is 151 cm³/mol. The van der Waals surface area contributed by atoms with E-state index in [-0.39, 0.29) is 23.3 Å². The zero-order valence-electron chi connectivity index (χ0n) is 21.5. The van der Waals surface area contributed by atoms with E-state index in [1.165, 1.54) is 22.9 Å². The second-order valence-corrected chi connectivity index (χ2v) is 12.2. The van der Waals surface area contributed by atoms with Crippen molar-refractivity contribution in [3.63, 3.8) is 0 Å². The van der Waals surface area contributed by atoms with Gasteiger partial charge < -0.3 is 14.5 Å². The van der Waals surface area contributed by atoms with Crippen molar-refractivity contribution in [1.82, 2.24) is 20.3 Å². The van der Waals surface area contributed by atoms with Crippen LogP contribution in [0.25, 0.3) is 31.9 Å². The molecule has 0 aliphatic carbocycles. The minimum atomic E-state index is -0.297. The molecule has 1 N–H and O–H groups in total. The van der Waals surface area contributed by atoms with Crippen LogP contribution in [0.3, 0.4) is 0 Å². The van der Waals surface area contributed by atoms with E-state index in [2.05, 4.69) is 41.3 Å². The molecule has 194 valence electrons. The molecule has 1 unspecified atom stereocenters. The first-order chi connectivity index (χ1) is 18.4. The normalized spacial score (nSPS) is 15.4. The van der Waals surface area contributed by atoms with Gasteiger partial charge in [-0.05, 0) is 50.5 Å². The summed E-state index contributed by atoms with van der Waals surface area (Å²) < 4.78 is 12.8. The van der Waals surface area contributed by atoms with Gasteiger partial charge in [-0.25, -0.2) is 15.0 Å². The van der Waals surface area contributed by atoms with Crippen molar-refractivity contribution >= 4 is 49.4 Å². The Hall–Kier alpha value is -3.27. The van der Waals surface area contributed by atoms with Gasteiger partial charge in [-0.2, -0.15) is 0 Å². The maximum absolute atomic E-state index is 12.8. The van der Waals surface area contributed by atoms with E-state index >= 15 is 0 Å². The quantitative estimate of drug-likeness (QED) is 0.193. The summed E-state index contributed by atoms with van der Waals surface area (Å²) in [6.07, 6.45) is 4.79. The third-order valence-corrected chi connectivity index (χ3v) is 8.88. The maximum atomic E-state index is 12.8. The number of amides is 1. The van der Waals surface area contributed by atoms with Crippen molar-refractivity contribution in [1.29, 1.82) is 0 Å². The number of nitrogens with zero attached hydrogens (tertiary/aromatic N) is 3. The number of hydrogen-bond donors (Lipinski definition) is 1. The Morgan fingerprint density at radius 2 is 2.00 bits per heavy atom. The van der Waals surface area contributed by atoms with Crippen molar-refractivity contribution in [2.45, 2.75) is 56.9 Å². The molecule has 0 spiro atoms. The summed E-state index contributed by atoms with van der Waals surface area (Å²) in [6.45, 7) is 6.71. The number of hydrogen-bond acceptors (Lipinski definition) is 8. The molecule has 1 atom stereocenters. The fourth-order valence-corrected chi connectivity index (χ4v) is 7.02. The second-order valence-electron chi connectivity index (χ2n) is 10.2. The molecule has 1 aliphatic rings. The summed E-state index contributed by atoms with van der Waals surface area (Å²) in [7, 11) is 0. The Morgan fingerprint density at radius 1 is 1.16 bits per heavy atom. The molecule has 7 nitrogen and oxygen atoms in total. The third kappa shape index (κ3) is 4.93. The number of aromatic nitrogens is 3. The summed E-state index contributed by atoms with van der Waals surface area (Å²) >= 11 is 3.01. The molecule has 1 aromatic carbocycles. The van der Waals surface area contributed by atoms with Crippen LogP contribution < -0.4 is 5.32 Å². The Bertz CT molecular complexity index is 1610. The zero-order chi connectivity index (χ0) is 26.3. The smallest absolute Gasteiger partial charge is 0.230 e. The Labute approximate surface area is 229 Å². The van der Waals surface area contributed by atoms with Gasteiger partial charge in [0.25, 0.3) is 0 Å². The first kappa shape index (κ1) is 25.0. The molecule has 5 heterocycles. The molecule has 5 aromatic rings. The summed E-state index contributed by atoms with van der Waals surface area (Å²) in [5.41, 5.74) is 4.85. The van der Waals surface area contributed by atoms with Gasteiger partial charge in [-0.15, -0.1) is 11.3 Å². The molecule has 0 saturated carbocycles. The Balaban J connectivity index is 1.30. The number of fused-ring (bicyclic) bond motifs is 5. The van der Waals surface area contributed by atoms with Gasteiger partial charge in [-0.1, -0.05) is 42.1 Å². The monoisotopic (exact) mass is 544 g/mol. The average molecular weight is 545 g/mol. The number of nitrogens with one attached hydrogen (secondary N) is 1. The fraction of sp³-hybridized carbons (Fsp3) is 0.310. The van der Waals surface area contributed by atoms with Crippen molar-refractivity contribution in [2.24, 2.45) is 0 Å². The molecule has 0 bridgehead atoms. The number of benzene rings is 1. The SMILES string of the molecule is CC(Cc1ccccc1)NC(=O)CSc1ncnc2c1sc1nc(-c3ccco3)c3c(c12)CC(C)(C)OC3. The lowest BCUT2D eigenvalue weighted by molar-refractivity contribution is -0.119. The molecule has 0 fully saturated rings. The molecule has 0 saturated heterocycles. The highest BCUT2D eigenvalue weighted by Gasteiger charge is 2.32. The number of rotatable bonds is 7. The lowest BCUT2D eigenvalue weighted by Gasteiger charge is -2.32. The summed E-state index contributed by atoms with van der Waals surface area (Å²) in [5.74, 6) is 0.996. The highest BCUT2D eigenvalue weighted by Crippen LogP contribution is 2.44. The number of thioether (sulfide) groups is 1. The highest BCUT2D eigenvalue weighted by molar-refractivity contribution is 8.00. The van der Waals surface area contributed by atoms with Crippen LogP contribution in [-0.4, -0.2) is 38.3 Å². The lowest BCUT2D eigenvalue weighted by Crippen LogP contribution is -2.35. The standard InChI is InChI=1S/C29H28N4O3S2/c1-17(12-18-8-5-4-6-9-18)32-22(34)15-37-28-26-25(30-16-31-28)23-19-13-29(2,3)36-14-20(19)24(33-27(23)38-26)21-10-7-11-35-21/h4-11,16-17H,12-15H2,1-3H3,(H,32,34). The Morgan fingerprint density at radius 3 is 2.79 bits per heavy atom. The molecule has 1 aliphatic heterocycles. The fourth-order valence-electron chi connectivity index (χ4n) is 4.97. The van der Waals surface area contributed by atoms with Gasteiger partial charge in [0.2, 0.25) is 5.91 Å². The van der Waals surface area contributed by atoms with Crippen LogP contribution in [0.2, 0.25) is 0 Å². The van der Waals surface area contributed by atoms with Gasteiger partial charge in [0.05, 0.1) is 34.4 Å². The number of pyridine rings is 1. The molecular weight excluding hydrogens is 516 g/mol. The zero-order valence-corrected chi connectivity index (χ0v) is 23.1. The number of ether oxygens (including phenoxy) is 1. The van der Waals surface area contributed by atoms with Crippen LogP contribution >= 0.6 is 23.1 Å². The first-order valence-corrected chi connectivity index (χ1v) is 14.4. The summed E-state index contributed by atoms with van der Waals surface area (Å²) in [6, 6.07) is 14.0. The lowest BCUT2D eigenvalue weighted by atomic mass is 9.89. The van der Waals surface area contributed by atoms with Crippen molar-refractivity contribution < 1.29 is 13.9 Å². The third-order valence-electron chi connectivity index (χ3n) is 6.68. The van der Waals surface area contributed by atoms with Crippen LogP contribution in [0.15, 0.2) is 64.5 Å². The topological polar surface area (TPSA) is 90.1 Å². The van der Waals surface area contributed by atoms with E-state index in [1.807, 2.05) is 37.3 Å². The van der Waals surface area contributed by atoms with Gasteiger partial charge in [0.15, 0.2) is 5.76 Å². The molecule has 4 aromatic heterocycles. The Kier molecular flexibility index (Phi) is 6.67. The van der Waals surface area contributed by atoms with Crippen LogP contribution in [0, 0.1) is 0 Å². The number of carbonyl (C=O) groups excluding carboxylic acids is 1. The molecular formula is C29H28N4O3S2. The van der Waals surface area contributed by atoms with Gasteiger partial charge >= 0.3 is 0 Å². The largest absolute Gasteiger partial charge is 0.463 e. The first-order valence-electron chi connectivity index (χ1n) is 12.6. The second kappa shape index (κ2) is 10.1. The van der Waals surface area contributed by atoms with Crippen LogP contribution in [0.1, 0.15) is 37.5 Å².